The molecule has 7 aromatic carbocycles. The first-order valence-electron chi connectivity index (χ1n) is 14.5. The van der Waals surface area contributed by atoms with E-state index in [1.54, 1.807) is 6.26 Å². The van der Waals surface area contributed by atoms with Crippen LogP contribution in [0.2, 0.25) is 0 Å². The summed E-state index contributed by atoms with van der Waals surface area (Å²) >= 11 is 1.88. The van der Waals surface area contributed by atoms with Gasteiger partial charge in [-0.1, -0.05) is 103 Å². The van der Waals surface area contributed by atoms with Crippen molar-refractivity contribution >= 4 is 86.0 Å². The molecule has 0 spiro atoms. The zero-order chi connectivity index (χ0) is 28.1. The predicted molar refractivity (Wildman–Crippen MR) is 182 cm³/mol. The largest absolute Gasteiger partial charge is 0.464 e. The number of thiophene rings is 1. The molecule has 10 aromatic rings. The minimum absolute atomic E-state index is 0.837. The molecule has 200 valence electrons. The highest BCUT2D eigenvalue weighted by Gasteiger charge is 2.22. The first kappa shape index (κ1) is 23.2. The van der Waals surface area contributed by atoms with Crippen LogP contribution in [0.4, 0.5) is 0 Å². The monoisotopic (exact) mass is 566 g/mol. The number of para-hydroxylation sites is 1. The van der Waals surface area contributed by atoms with Crippen LogP contribution in [0, 0.1) is 0 Å². The summed E-state index contributed by atoms with van der Waals surface area (Å²) in [6.45, 7) is 0. The lowest BCUT2D eigenvalue weighted by Gasteiger charge is -2.18. The van der Waals surface area contributed by atoms with Crippen LogP contribution in [0.1, 0.15) is 0 Å². The van der Waals surface area contributed by atoms with E-state index in [0.717, 1.165) is 38.5 Å². The van der Waals surface area contributed by atoms with Gasteiger partial charge in [-0.3, -0.25) is 0 Å². The summed E-state index contributed by atoms with van der Waals surface area (Å²) in [6, 6.07) is 45.9. The fourth-order valence-corrected chi connectivity index (χ4v) is 8.37. The number of hydrogen-bond acceptors (Lipinski definition) is 3. The Balaban J connectivity index is 1.36. The summed E-state index contributed by atoms with van der Waals surface area (Å²) in [7, 11) is 0. The van der Waals surface area contributed by atoms with Gasteiger partial charge < -0.3 is 8.83 Å². The Kier molecular flexibility index (Phi) is 4.63. The van der Waals surface area contributed by atoms with E-state index < -0.39 is 0 Å². The third-order valence-corrected chi connectivity index (χ3v) is 10.2. The van der Waals surface area contributed by atoms with Crippen LogP contribution in [-0.4, -0.2) is 0 Å². The SMILES string of the molecule is c1ccc2c(c1)sc1c(-c3c4ccccc4c(-c4cccc5c4oc4c6ccoc6ccc54)c4ccccc34)cccc12. The lowest BCUT2D eigenvalue weighted by atomic mass is 9.85. The van der Waals surface area contributed by atoms with Gasteiger partial charge in [-0.2, -0.15) is 0 Å². The quantitative estimate of drug-likeness (QED) is 0.195. The van der Waals surface area contributed by atoms with Crippen molar-refractivity contribution in [2.75, 3.05) is 0 Å². The minimum Gasteiger partial charge on any atom is -0.464 e. The maximum Gasteiger partial charge on any atom is 0.146 e. The highest BCUT2D eigenvalue weighted by atomic mass is 32.1. The Morgan fingerprint density at radius 3 is 1.72 bits per heavy atom. The molecule has 0 radical (unpaired) electrons. The van der Waals surface area contributed by atoms with E-state index in [0.29, 0.717) is 0 Å². The first-order chi connectivity index (χ1) is 21.3. The molecular weight excluding hydrogens is 545 g/mol. The molecule has 0 aliphatic rings. The van der Waals surface area contributed by atoms with Crippen molar-refractivity contribution in [2.45, 2.75) is 0 Å². The second kappa shape index (κ2) is 8.57. The van der Waals surface area contributed by atoms with Crippen LogP contribution in [-0.2, 0) is 0 Å². The van der Waals surface area contributed by atoms with E-state index in [4.69, 9.17) is 8.83 Å². The lowest BCUT2D eigenvalue weighted by molar-refractivity contribution is 0.615. The van der Waals surface area contributed by atoms with Gasteiger partial charge in [0.2, 0.25) is 0 Å². The van der Waals surface area contributed by atoms with Crippen LogP contribution < -0.4 is 0 Å². The van der Waals surface area contributed by atoms with Crippen LogP contribution in [0.25, 0.3) is 96.9 Å². The summed E-state index contributed by atoms with van der Waals surface area (Å²) in [6.07, 6.45) is 1.73. The number of fused-ring (bicyclic) bond motifs is 10. The molecule has 0 unspecified atom stereocenters. The molecule has 0 fully saturated rings. The summed E-state index contributed by atoms with van der Waals surface area (Å²) in [4.78, 5) is 0. The van der Waals surface area contributed by atoms with Crippen LogP contribution in [0.15, 0.2) is 142 Å². The smallest absolute Gasteiger partial charge is 0.146 e. The maximum absolute atomic E-state index is 6.76. The molecule has 3 aromatic heterocycles. The molecule has 0 atom stereocenters. The van der Waals surface area contributed by atoms with Crippen molar-refractivity contribution in [3.8, 4) is 22.3 Å². The Morgan fingerprint density at radius 2 is 0.977 bits per heavy atom. The molecule has 0 aliphatic heterocycles. The fraction of sp³-hybridized carbons (Fsp3) is 0. The van der Waals surface area contributed by atoms with Gasteiger partial charge in [-0.15, -0.1) is 11.3 Å². The number of rotatable bonds is 2. The van der Waals surface area contributed by atoms with Gasteiger partial charge >= 0.3 is 0 Å². The third kappa shape index (κ3) is 3.12. The Morgan fingerprint density at radius 1 is 0.395 bits per heavy atom. The lowest BCUT2D eigenvalue weighted by Crippen LogP contribution is -1.91. The molecule has 2 nitrogen and oxygen atoms in total. The molecule has 0 bridgehead atoms. The van der Waals surface area contributed by atoms with Crippen molar-refractivity contribution in [2.24, 2.45) is 0 Å². The summed E-state index contributed by atoms with van der Waals surface area (Å²) in [5.41, 5.74) is 7.47. The normalized spacial score (nSPS) is 12.2. The molecule has 0 N–H and O–H groups in total. The Labute approximate surface area is 250 Å². The molecule has 0 aliphatic carbocycles. The number of furan rings is 2. The standard InChI is InChI=1S/C40H22O2S/c1-3-12-26-24(10-1)36(32-16-7-14-28-29-19-20-34-31(21-22-41-34)38(29)42-39(28)32)25-11-2-4-13-27(25)37(26)33-17-8-15-30-23-9-5-6-18-35(23)43-40(30)33/h1-22H. The third-order valence-electron chi connectivity index (χ3n) is 8.97. The molecule has 3 heterocycles. The van der Waals surface area contributed by atoms with Crippen molar-refractivity contribution in [1.29, 1.82) is 0 Å². The highest BCUT2D eigenvalue weighted by Crippen LogP contribution is 2.49. The van der Waals surface area contributed by atoms with Crippen molar-refractivity contribution < 1.29 is 8.83 Å². The van der Waals surface area contributed by atoms with Crippen LogP contribution >= 0.6 is 11.3 Å². The van der Waals surface area contributed by atoms with Gasteiger partial charge in [-0.05, 0) is 51.4 Å². The van der Waals surface area contributed by atoms with E-state index in [1.165, 1.54) is 58.4 Å². The van der Waals surface area contributed by atoms with Gasteiger partial charge in [0, 0.05) is 47.6 Å². The van der Waals surface area contributed by atoms with E-state index in [9.17, 15) is 0 Å². The van der Waals surface area contributed by atoms with Crippen molar-refractivity contribution in [1.82, 2.24) is 0 Å². The molecule has 10 rings (SSSR count). The molecule has 0 saturated heterocycles. The van der Waals surface area contributed by atoms with Gasteiger partial charge in [0.25, 0.3) is 0 Å². The highest BCUT2D eigenvalue weighted by molar-refractivity contribution is 7.26. The summed E-state index contributed by atoms with van der Waals surface area (Å²) in [5.74, 6) is 0. The van der Waals surface area contributed by atoms with E-state index in [1.807, 2.05) is 23.5 Å². The molecule has 43 heavy (non-hydrogen) atoms. The average molecular weight is 567 g/mol. The molecule has 3 heteroatoms. The topological polar surface area (TPSA) is 26.3 Å². The van der Waals surface area contributed by atoms with Crippen molar-refractivity contribution in [3.05, 3.63) is 134 Å². The van der Waals surface area contributed by atoms with Gasteiger partial charge in [0.15, 0.2) is 0 Å². The zero-order valence-corrected chi connectivity index (χ0v) is 23.7. The molecule has 0 amide bonds. The molecular formula is C40H22O2S. The van der Waals surface area contributed by atoms with Crippen molar-refractivity contribution in [3.63, 3.8) is 0 Å². The predicted octanol–water partition coefficient (Wildman–Crippen LogP) is 12.3. The van der Waals surface area contributed by atoms with Crippen LogP contribution in [0.3, 0.4) is 0 Å². The fourth-order valence-electron chi connectivity index (χ4n) is 7.15. The van der Waals surface area contributed by atoms with Gasteiger partial charge in [-0.25, -0.2) is 0 Å². The van der Waals surface area contributed by atoms with Gasteiger partial charge in [0.1, 0.15) is 16.7 Å². The van der Waals surface area contributed by atoms with Crippen LogP contribution in [0.5, 0.6) is 0 Å². The van der Waals surface area contributed by atoms with E-state index in [2.05, 4.69) is 115 Å². The average Bonchev–Trinajstić information content (AvgIpc) is 3.79. The number of hydrogen-bond donors (Lipinski definition) is 0. The minimum atomic E-state index is 0.837. The summed E-state index contributed by atoms with van der Waals surface area (Å²) < 4.78 is 15.1. The zero-order valence-electron chi connectivity index (χ0n) is 22.9. The first-order valence-corrected chi connectivity index (χ1v) is 15.3. The Bertz CT molecular complexity index is 2680. The second-order valence-corrected chi connectivity index (χ2v) is 12.2. The van der Waals surface area contributed by atoms with Gasteiger partial charge in [0.05, 0.1) is 11.6 Å². The summed E-state index contributed by atoms with van der Waals surface area (Å²) in [5, 5.41) is 10.8. The Hall–Kier alpha value is -5.38. The second-order valence-electron chi connectivity index (χ2n) is 11.2. The number of benzene rings is 7. The maximum atomic E-state index is 6.76. The molecule has 0 saturated carbocycles. The van der Waals surface area contributed by atoms with E-state index >= 15 is 0 Å². The van der Waals surface area contributed by atoms with E-state index in [-0.39, 0.29) is 0 Å².